The lowest BCUT2D eigenvalue weighted by molar-refractivity contribution is -0.137. The van der Waals surface area contributed by atoms with Gasteiger partial charge in [0.15, 0.2) is 5.01 Å². The number of alkyl halides is 3. The second kappa shape index (κ2) is 5.26. The third kappa shape index (κ3) is 3.10. The molecule has 0 amide bonds. The van der Waals surface area contributed by atoms with Crippen LogP contribution in [-0.4, -0.2) is 17.0 Å². The van der Waals surface area contributed by atoms with Crippen LogP contribution in [-0.2, 0) is 6.18 Å². The minimum absolute atomic E-state index is 0.332. The van der Waals surface area contributed by atoms with Gasteiger partial charge in [0, 0.05) is 23.5 Å². The van der Waals surface area contributed by atoms with Gasteiger partial charge in [-0.15, -0.1) is 11.3 Å². The highest BCUT2D eigenvalue weighted by Crippen LogP contribution is 2.35. The van der Waals surface area contributed by atoms with E-state index < -0.39 is 11.2 Å². The van der Waals surface area contributed by atoms with Crippen molar-refractivity contribution in [2.75, 3.05) is 7.05 Å². The van der Waals surface area contributed by atoms with Crippen LogP contribution in [0.25, 0.3) is 0 Å². The van der Waals surface area contributed by atoms with Gasteiger partial charge in [0.25, 0.3) is 0 Å². The van der Waals surface area contributed by atoms with E-state index in [1.165, 1.54) is 6.20 Å². The lowest BCUT2D eigenvalue weighted by Crippen LogP contribution is -2.16. The Bertz CT molecular complexity index is 565. The lowest BCUT2D eigenvalue weighted by atomic mass is 10.1. The molecule has 19 heavy (non-hydrogen) atoms. The summed E-state index contributed by atoms with van der Waals surface area (Å²) < 4.78 is 37.7. The zero-order valence-electron chi connectivity index (χ0n) is 10.3. The predicted molar refractivity (Wildman–Crippen MR) is 67.0 cm³/mol. The molecule has 0 aromatic carbocycles. The van der Waals surface area contributed by atoms with Crippen molar-refractivity contribution < 1.29 is 13.2 Å². The number of thiazole rings is 1. The first kappa shape index (κ1) is 14.0. The molecule has 0 spiro atoms. The first-order valence-corrected chi connectivity index (χ1v) is 6.35. The Hall–Kier alpha value is -1.47. The highest BCUT2D eigenvalue weighted by molar-refractivity contribution is 7.11. The Morgan fingerprint density at radius 1 is 1.26 bits per heavy atom. The van der Waals surface area contributed by atoms with Crippen molar-refractivity contribution >= 4 is 11.3 Å². The predicted octanol–water partition coefficient (Wildman–Crippen LogP) is 3.17. The average Bonchev–Trinajstić information content (AvgIpc) is 2.79. The van der Waals surface area contributed by atoms with Gasteiger partial charge in [0.05, 0.1) is 6.04 Å². The number of aromatic nitrogens is 2. The standard InChI is InChI=1S/C12H12F3N3S/c1-7-3-8(5-17-4-7)10(16-2)9-6-18-11(19-9)12(13,14)15/h3-6,10,16H,1-2H3. The first-order chi connectivity index (χ1) is 8.91. The fourth-order valence-electron chi connectivity index (χ4n) is 1.76. The largest absolute Gasteiger partial charge is 0.443 e. The second-order valence-corrected chi connectivity index (χ2v) is 5.15. The number of pyridine rings is 1. The van der Waals surface area contributed by atoms with E-state index in [2.05, 4.69) is 15.3 Å². The minimum Gasteiger partial charge on any atom is -0.309 e. The van der Waals surface area contributed by atoms with Gasteiger partial charge in [-0.25, -0.2) is 4.98 Å². The maximum Gasteiger partial charge on any atom is 0.443 e. The minimum atomic E-state index is -4.40. The third-order valence-electron chi connectivity index (χ3n) is 2.57. The molecule has 0 bridgehead atoms. The maximum atomic E-state index is 12.6. The summed E-state index contributed by atoms with van der Waals surface area (Å²) in [5.41, 5.74) is 1.78. The Morgan fingerprint density at radius 2 is 2.00 bits per heavy atom. The van der Waals surface area contributed by atoms with Gasteiger partial charge in [0.2, 0.25) is 0 Å². The zero-order valence-corrected chi connectivity index (χ0v) is 11.1. The molecule has 2 aromatic rings. The molecular formula is C12H12F3N3S. The number of aryl methyl sites for hydroxylation is 1. The van der Waals surface area contributed by atoms with Gasteiger partial charge in [-0.1, -0.05) is 6.07 Å². The van der Waals surface area contributed by atoms with E-state index in [-0.39, 0.29) is 6.04 Å². The fraction of sp³-hybridized carbons (Fsp3) is 0.333. The average molecular weight is 287 g/mol. The van der Waals surface area contributed by atoms with Crippen LogP contribution in [0, 0.1) is 6.92 Å². The summed E-state index contributed by atoms with van der Waals surface area (Å²) >= 11 is 0.647. The van der Waals surface area contributed by atoms with Crippen molar-refractivity contribution in [3.05, 3.63) is 45.7 Å². The molecule has 3 nitrogen and oxygen atoms in total. The number of rotatable bonds is 3. The van der Waals surface area contributed by atoms with Crippen molar-refractivity contribution in [1.29, 1.82) is 0 Å². The highest BCUT2D eigenvalue weighted by atomic mass is 32.1. The van der Waals surface area contributed by atoms with Crippen LogP contribution in [0.4, 0.5) is 13.2 Å². The van der Waals surface area contributed by atoms with Crippen LogP contribution < -0.4 is 5.32 Å². The lowest BCUT2D eigenvalue weighted by Gasteiger charge is -2.14. The van der Waals surface area contributed by atoms with Crippen molar-refractivity contribution in [3.8, 4) is 0 Å². The van der Waals surface area contributed by atoms with E-state index in [0.29, 0.717) is 16.2 Å². The molecule has 0 saturated carbocycles. The van der Waals surface area contributed by atoms with Crippen LogP contribution >= 0.6 is 11.3 Å². The smallest absolute Gasteiger partial charge is 0.309 e. The quantitative estimate of drug-likeness (QED) is 0.942. The van der Waals surface area contributed by atoms with Crippen molar-refractivity contribution in [2.24, 2.45) is 0 Å². The number of nitrogens with zero attached hydrogens (tertiary/aromatic N) is 2. The molecule has 2 aromatic heterocycles. The topological polar surface area (TPSA) is 37.8 Å². The summed E-state index contributed by atoms with van der Waals surface area (Å²) in [6, 6.07) is 1.56. The van der Waals surface area contributed by atoms with Crippen LogP contribution in [0.3, 0.4) is 0 Å². The molecule has 2 heterocycles. The molecule has 0 aliphatic carbocycles. The normalized spacial score (nSPS) is 13.5. The molecule has 1 atom stereocenters. The summed E-state index contributed by atoms with van der Waals surface area (Å²) in [7, 11) is 1.69. The molecule has 7 heteroatoms. The van der Waals surface area contributed by atoms with Crippen molar-refractivity contribution in [2.45, 2.75) is 19.1 Å². The molecular weight excluding hydrogens is 275 g/mol. The van der Waals surface area contributed by atoms with Crippen molar-refractivity contribution in [3.63, 3.8) is 0 Å². The number of hydrogen-bond donors (Lipinski definition) is 1. The maximum absolute atomic E-state index is 12.6. The molecule has 0 fully saturated rings. The van der Waals surface area contributed by atoms with Gasteiger partial charge < -0.3 is 5.32 Å². The number of nitrogens with one attached hydrogen (secondary N) is 1. The monoisotopic (exact) mass is 287 g/mol. The van der Waals surface area contributed by atoms with Crippen LogP contribution in [0.1, 0.15) is 27.1 Å². The van der Waals surface area contributed by atoms with Gasteiger partial charge in [-0.05, 0) is 25.1 Å². The summed E-state index contributed by atoms with van der Waals surface area (Å²) in [6.07, 6.45) is 0.203. The van der Waals surface area contributed by atoms with Crippen molar-refractivity contribution in [1.82, 2.24) is 15.3 Å². The second-order valence-electron chi connectivity index (χ2n) is 4.08. The summed E-state index contributed by atoms with van der Waals surface area (Å²) in [5.74, 6) is 0. The van der Waals surface area contributed by atoms with E-state index in [1.807, 2.05) is 13.0 Å². The van der Waals surface area contributed by atoms with E-state index >= 15 is 0 Å². The molecule has 0 saturated heterocycles. The Labute approximate surface area is 112 Å². The Balaban J connectivity index is 2.35. The zero-order chi connectivity index (χ0) is 14.0. The van der Waals surface area contributed by atoms with E-state index in [9.17, 15) is 13.2 Å². The van der Waals surface area contributed by atoms with Gasteiger partial charge in [0.1, 0.15) is 0 Å². The van der Waals surface area contributed by atoms with E-state index in [1.54, 1.807) is 19.4 Å². The number of halogens is 3. The van der Waals surface area contributed by atoms with E-state index in [0.717, 1.165) is 11.1 Å². The third-order valence-corrected chi connectivity index (χ3v) is 3.68. The molecule has 1 unspecified atom stereocenters. The van der Waals surface area contributed by atoms with Crippen LogP contribution in [0.5, 0.6) is 0 Å². The summed E-state index contributed by atoms with van der Waals surface area (Å²) in [4.78, 5) is 8.01. The van der Waals surface area contributed by atoms with Crippen LogP contribution in [0.15, 0.2) is 24.7 Å². The Morgan fingerprint density at radius 3 is 2.53 bits per heavy atom. The highest BCUT2D eigenvalue weighted by Gasteiger charge is 2.35. The molecule has 0 aliphatic rings. The SMILES string of the molecule is CNC(c1cncc(C)c1)c1cnc(C(F)(F)F)s1. The Kier molecular flexibility index (Phi) is 3.86. The summed E-state index contributed by atoms with van der Waals surface area (Å²) in [6.45, 7) is 1.89. The van der Waals surface area contributed by atoms with E-state index in [4.69, 9.17) is 0 Å². The summed E-state index contributed by atoms with van der Waals surface area (Å²) in [5, 5.41) is 2.16. The van der Waals surface area contributed by atoms with Gasteiger partial charge in [-0.2, -0.15) is 13.2 Å². The molecule has 0 aliphatic heterocycles. The molecule has 0 radical (unpaired) electrons. The van der Waals surface area contributed by atoms with Gasteiger partial charge >= 0.3 is 6.18 Å². The number of hydrogen-bond acceptors (Lipinski definition) is 4. The van der Waals surface area contributed by atoms with Gasteiger partial charge in [-0.3, -0.25) is 4.98 Å². The van der Waals surface area contributed by atoms with Crippen LogP contribution in [0.2, 0.25) is 0 Å². The molecule has 1 N–H and O–H groups in total. The fourth-order valence-corrected chi connectivity index (χ4v) is 2.68. The molecule has 102 valence electrons. The first-order valence-electron chi connectivity index (χ1n) is 5.53. The molecule has 2 rings (SSSR count).